The lowest BCUT2D eigenvalue weighted by Crippen LogP contribution is -2.37. The van der Waals surface area contributed by atoms with Gasteiger partial charge >= 0.3 is 0 Å². The first-order valence-electron chi connectivity index (χ1n) is 7.94. The second kappa shape index (κ2) is 7.31. The van der Waals surface area contributed by atoms with Gasteiger partial charge in [-0.2, -0.15) is 0 Å². The van der Waals surface area contributed by atoms with Crippen LogP contribution in [0.25, 0.3) is 0 Å². The molecule has 6 nitrogen and oxygen atoms in total. The number of benzene rings is 1. The van der Waals surface area contributed by atoms with Crippen molar-refractivity contribution in [2.45, 2.75) is 51.0 Å². The molecule has 128 valence electrons. The molecule has 0 saturated heterocycles. The summed E-state index contributed by atoms with van der Waals surface area (Å²) in [6.45, 7) is 6.27. The van der Waals surface area contributed by atoms with Gasteiger partial charge in [-0.3, -0.25) is 4.79 Å². The van der Waals surface area contributed by atoms with E-state index in [1.54, 1.807) is 6.07 Å². The van der Waals surface area contributed by atoms with Crippen LogP contribution in [0.3, 0.4) is 0 Å². The Labute approximate surface area is 137 Å². The highest BCUT2D eigenvalue weighted by Crippen LogP contribution is 2.32. The molecule has 0 fully saturated rings. The van der Waals surface area contributed by atoms with E-state index < -0.39 is 16.1 Å². The number of fused-ring (bicyclic) bond motifs is 1. The number of hydrogen-bond acceptors (Lipinski definition) is 4. The van der Waals surface area contributed by atoms with Crippen LogP contribution >= 0.6 is 0 Å². The fourth-order valence-corrected chi connectivity index (χ4v) is 3.48. The number of sulfonamides is 1. The Morgan fingerprint density at radius 2 is 2.09 bits per heavy atom. The Balaban J connectivity index is 2.18. The molecule has 1 aromatic carbocycles. The van der Waals surface area contributed by atoms with Crippen LogP contribution in [-0.2, 0) is 14.8 Å². The highest BCUT2D eigenvalue weighted by molar-refractivity contribution is 7.89. The minimum absolute atomic E-state index is 0.118. The minimum Gasteiger partial charge on any atom is -0.478 e. The van der Waals surface area contributed by atoms with Gasteiger partial charge in [-0.15, -0.1) is 0 Å². The predicted molar refractivity (Wildman–Crippen MR) is 89.0 cm³/mol. The highest BCUT2D eigenvalue weighted by atomic mass is 32.2. The first kappa shape index (κ1) is 17.7. The number of nitrogens with one attached hydrogen (secondary N) is 2. The van der Waals surface area contributed by atoms with Gasteiger partial charge in [0, 0.05) is 6.54 Å². The summed E-state index contributed by atoms with van der Waals surface area (Å²) in [5.74, 6) is 0.494. The summed E-state index contributed by atoms with van der Waals surface area (Å²) in [4.78, 5) is 12.2. The lowest BCUT2D eigenvalue weighted by Gasteiger charge is -2.26. The molecule has 0 radical (unpaired) electrons. The van der Waals surface area contributed by atoms with Crippen LogP contribution in [0, 0.1) is 5.92 Å². The number of carbonyl (C=O) groups excluding carboxylic acids is 1. The van der Waals surface area contributed by atoms with Gasteiger partial charge in [0.05, 0.1) is 10.6 Å². The van der Waals surface area contributed by atoms with Gasteiger partial charge in [0.1, 0.15) is 5.75 Å². The van der Waals surface area contributed by atoms with Crippen molar-refractivity contribution in [1.29, 1.82) is 0 Å². The second-order valence-corrected chi connectivity index (χ2v) is 7.91. The van der Waals surface area contributed by atoms with Crippen molar-refractivity contribution in [1.82, 2.24) is 4.72 Å². The molecule has 7 heteroatoms. The van der Waals surface area contributed by atoms with Crippen LogP contribution in [0.2, 0.25) is 0 Å². The predicted octanol–water partition coefficient (Wildman–Crippen LogP) is 2.51. The Hall–Kier alpha value is -1.60. The maximum atomic E-state index is 12.2. The fraction of sp³-hybridized carbons (Fsp3) is 0.562. The topological polar surface area (TPSA) is 84.5 Å². The number of ether oxygens (including phenoxy) is 1. The van der Waals surface area contributed by atoms with Crippen molar-refractivity contribution in [3.63, 3.8) is 0 Å². The number of anilines is 1. The molecule has 0 saturated carbocycles. The second-order valence-electron chi connectivity index (χ2n) is 6.14. The average Bonchev–Trinajstić information content (AvgIpc) is 2.50. The van der Waals surface area contributed by atoms with Crippen LogP contribution in [0.4, 0.5) is 5.69 Å². The fourth-order valence-electron chi connectivity index (χ4n) is 2.24. The molecular formula is C16H24N2O4S. The largest absolute Gasteiger partial charge is 0.478 e. The van der Waals surface area contributed by atoms with Gasteiger partial charge in [-0.25, -0.2) is 13.1 Å². The first-order valence-corrected chi connectivity index (χ1v) is 9.43. The zero-order valence-corrected chi connectivity index (χ0v) is 14.6. The molecule has 0 spiro atoms. The lowest BCUT2D eigenvalue weighted by atomic mass is 10.1. The van der Waals surface area contributed by atoms with Crippen molar-refractivity contribution in [2.24, 2.45) is 5.92 Å². The number of amides is 1. The van der Waals surface area contributed by atoms with Crippen LogP contribution in [0.5, 0.6) is 5.75 Å². The van der Waals surface area contributed by atoms with Crippen molar-refractivity contribution >= 4 is 21.6 Å². The van der Waals surface area contributed by atoms with Gasteiger partial charge in [0.25, 0.3) is 5.91 Å². The zero-order chi connectivity index (χ0) is 17.0. The number of hydrogen-bond donors (Lipinski definition) is 2. The third kappa shape index (κ3) is 4.45. The van der Waals surface area contributed by atoms with Crippen molar-refractivity contribution in [3.05, 3.63) is 18.2 Å². The maximum absolute atomic E-state index is 12.2. The van der Waals surface area contributed by atoms with Crippen molar-refractivity contribution in [3.8, 4) is 5.75 Å². The summed E-state index contributed by atoms with van der Waals surface area (Å²) in [6, 6.07) is 4.53. The van der Waals surface area contributed by atoms with Crippen molar-refractivity contribution < 1.29 is 17.9 Å². The summed E-state index contributed by atoms with van der Waals surface area (Å²) in [5.41, 5.74) is 0.398. The quantitative estimate of drug-likeness (QED) is 0.799. The van der Waals surface area contributed by atoms with E-state index in [0.29, 0.717) is 24.4 Å². The summed E-state index contributed by atoms with van der Waals surface area (Å²) in [5, 5.41) is 2.74. The van der Waals surface area contributed by atoms with Crippen molar-refractivity contribution in [2.75, 3.05) is 11.9 Å². The van der Waals surface area contributed by atoms with Gasteiger partial charge in [0.2, 0.25) is 10.0 Å². The average molecular weight is 340 g/mol. The van der Waals surface area contributed by atoms with E-state index in [-0.39, 0.29) is 16.7 Å². The summed E-state index contributed by atoms with van der Waals surface area (Å²) >= 11 is 0. The smallest absolute Gasteiger partial charge is 0.265 e. The standard InChI is InChI=1S/C16H24N2O4S/c1-4-5-6-15-16(19)18-13-9-12(7-8-14(13)22-15)23(20,21)17-10-11(2)3/h7-9,11,15,17H,4-6,10H2,1-3H3,(H,18,19)/t15-/m1/s1. The van der Waals surface area contributed by atoms with Crippen LogP contribution in [-0.4, -0.2) is 27.0 Å². The molecule has 1 atom stereocenters. The summed E-state index contributed by atoms with van der Waals surface area (Å²) in [6.07, 6.45) is 2.03. The van der Waals surface area contributed by atoms with Crippen LogP contribution in [0.15, 0.2) is 23.1 Å². The molecule has 0 aliphatic carbocycles. The molecule has 1 aliphatic rings. The van der Waals surface area contributed by atoms with E-state index in [1.165, 1.54) is 12.1 Å². The lowest BCUT2D eigenvalue weighted by molar-refractivity contribution is -0.123. The Kier molecular flexibility index (Phi) is 5.64. The molecule has 2 N–H and O–H groups in total. The number of unbranched alkanes of at least 4 members (excludes halogenated alkanes) is 1. The molecular weight excluding hydrogens is 316 g/mol. The zero-order valence-electron chi connectivity index (χ0n) is 13.8. The van der Waals surface area contributed by atoms with E-state index >= 15 is 0 Å². The SMILES string of the molecule is CCCC[C@H]1Oc2ccc(S(=O)(=O)NCC(C)C)cc2NC1=O. The Morgan fingerprint density at radius 3 is 2.74 bits per heavy atom. The molecule has 0 bridgehead atoms. The molecule has 2 rings (SSSR count). The first-order chi connectivity index (χ1) is 10.8. The van der Waals surface area contributed by atoms with Gasteiger partial charge in [-0.1, -0.05) is 27.2 Å². The van der Waals surface area contributed by atoms with E-state index in [9.17, 15) is 13.2 Å². The third-order valence-corrected chi connectivity index (χ3v) is 5.00. The molecule has 0 unspecified atom stereocenters. The molecule has 1 aromatic rings. The molecule has 23 heavy (non-hydrogen) atoms. The molecule has 0 aromatic heterocycles. The summed E-state index contributed by atoms with van der Waals surface area (Å²) in [7, 11) is -3.59. The molecule has 1 amide bonds. The summed E-state index contributed by atoms with van der Waals surface area (Å²) < 4.78 is 32.7. The Morgan fingerprint density at radius 1 is 1.35 bits per heavy atom. The van der Waals surface area contributed by atoms with E-state index in [4.69, 9.17) is 4.74 Å². The monoisotopic (exact) mass is 340 g/mol. The minimum atomic E-state index is -3.59. The van der Waals surface area contributed by atoms with E-state index in [1.807, 2.05) is 13.8 Å². The van der Waals surface area contributed by atoms with Gasteiger partial charge < -0.3 is 10.1 Å². The maximum Gasteiger partial charge on any atom is 0.265 e. The number of rotatable bonds is 7. The van der Waals surface area contributed by atoms with E-state index in [2.05, 4.69) is 17.0 Å². The van der Waals surface area contributed by atoms with Crippen LogP contribution in [0.1, 0.15) is 40.0 Å². The number of carbonyl (C=O) groups is 1. The third-order valence-electron chi connectivity index (χ3n) is 3.58. The molecule has 1 aliphatic heterocycles. The normalized spacial score (nSPS) is 17.6. The van der Waals surface area contributed by atoms with Gasteiger partial charge in [-0.05, 0) is 37.0 Å². The van der Waals surface area contributed by atoms with Gasteiger partial charge in [0.15, 0.2) is 6.10 Å². The van der Waals surface area contributed by atoms with Crippen LogP contribution < -0.4 is 14.8 Å². The van der Waals surface area contributed by atoms with E-state index in [0.717, 1.165) is 12.8 Å². The Bertz CT molecular complexity index is 671. The molecule has 1 heterocycles. The highest BCUT2D eigenvalue weighted by Gasteiger charge is 2.28.